The highest BCUT2D eigenvalue weighted by Crippen LogP contribution is 2.22. The van der Waals surface area contributed by atoms with Crippen LogP contribution in [0.25, 0.3) is 10.9 Å². The van der Waals surface area contributed by atoms with Crippen molar-refractivity contribution in [2.45, 2.75) is 45.4 Å². The highest BCUT2D eigenvalue weighted by atomic mass is 32.2. The van der Waals surface area contributed by atoms with Crippen LogP contribution in [0.5, 0.6) is 0 Å². The number of thioether (sulfide) groups is 1. The number of benzene rings is 2. The van der Waals surface area contributed by atoms with Crippen LogP contribution in [0.3, 0.4) is 0 Å². The van der Waals surface area contributed by atoms with E-state index in [1.54, 1.807) is 48.2 Å². The minimum atomic E-state index is -0.851. The predicted molar refractivity (Wildman–Crippen MR) is 129 cm³/mol. The lowest BCUT2D eigenvalue weighted by atomic mass is 9.86. The Balaban J connectivity index is 1.69. The number of nitrogens with one attached hydrogen (secondary N) is 1. The van der Waals surface area contributed by atoms with Gasteiger partial charge >= 0.3 is 5.97 Å². The van der Waals surface area contributed by atoms with Gasteiger partial charge in [-0.05, 0) is 53.7 Å². The molecule has 33 heavy (non-hydrogen) atoms. The predicted octanol–water partition coefficient (Wildman–Crippen LogP) is 3.14. The molecule has 1 aromatic heterocycles. The van der Waals surface area contributed by atoms with Crippen molar-refractivity contribution in [1.29, 1.82) is 0 Å². The molecule has 0 saturated carbocycles. The Hall–Kier alpha value is -3.20. The van der Waals surface area contributed by atoms with Crippen LogP contribution >= 0.6 is 11.8 Å². The van der Waals surface area contributed by atoms with E-state index in [0.717, 1.165) is 10.2 Å². The van der Waals surface area contributed by atoms with Gasteiger partial charge < -0.3 is 10.1 Å². The second-order valence-electron chi connectivity index (χ2n) is 8.64. The number of esters is 1. The normalized spacial score (nSPS) is 12.4. The van der Waals surface area contributed by atoms with Crippen molar-refractivity contribution in [3.8, 4) is 0 Å². The number of nitrogens with zero attached hydrogens (tertiary/aromatic N) is 3. The van der Waals surface area contributed by atoms with Crippen LogP contribution in [-0.4, -0.2) is 44.9 Å². The molecule has 0 aliphatic carbocycles. The van der Waals surface area contributed by atoms with Crippen LogP contribution in [0.1, 0.15) is 43.1 Å². The number of fused-ring (bicyclic) bond motifs is 1. The van der Waals surface area contributed by atoms with Gasteiger partial charge in [0.25, 0.3) is 11.5 Å². The summed E-state index contributed by atoms with van der Waals surface area (Å²) >= 11 is 1.56. The zero-order valence-corrected chi connectivity index (χ0v) is 20.0. The lowest BCUT2D eigenvalue weighted by Gasteiger charge is -2.20. The van der Waals surface area contributed by atoms with Crippen LogP contribution in [0.4, 0.5) is 0 Å². The first-order valence-electron chi connectivity index (χ1n) is 10.6. The van der Waals surface area contributed by atoms with E-state index in [2.05, 4.69) is 36.4 Å². The standard InChI is InChI=1S/C24H28N4O4S/c1-24(2,3)17-11-9-16(10-12-17)21(29)25-20(13-14-33-4)23(31)32-15-28-22(30)18-7-5-6-8-19(18)26-27-28/h5-12,20H,13-15H2,1-4H3,(H,25,29). The maximum atomic E-state index is 12.8. The van der Waals surface area contributed by atoms with E-state index in [1.807, 2.05) is 18.4 Å². The highest BCUT2D eigenvalue weighted by molar-refractivity contribution is 7.98. The molecule has 0 saturated heterocycles. The SMILES string of the molecule is CSCCC(NC(=O)c1ccc(C(C)(C)C)cc1)C(=O)OCn1nnc2ccccc2c1=O. The van der Waals surface area contributed by atoms with Crippen LogP contribution < -0.4 is 10.9 Å². The lowest BCUT2D eigenvalue weighted by Crippen LogP contribution is -2.43. The molecular weight excluding hydrogens is 440 g/mol. The molecule has 2 aromatic carbocycles. The molecular formula is C24H28N4O4S. The molecule has 3 rings (SSSR count). The van der Waals surface area contributed by atoms with Crippen LogP contribution in [0.15, 0.2) is 53.3 Å². The van der Waals surface area contributed by atoms with Crippen molar-refractivity contribution in [2.75, 3.05) is 12.0 Å². The molecule has 1 heterocycles. The van der Waals surface area contributed by atoms with Gasteiger partial charge in [0.2, 0.25) is 0 Å². The first-order chi connectivity index (χ1) is 15.7. The Labute approximate surface area is 196 Å². The maximum absolute atomic E-state index is 12.8. The molecule has 0 spiro atoms. The topological polar surface area (TPSA) is 103 Å². The van der Waals surface area contributed by atoms with E-state index in [0.29, 0.717) is 28.6 Å². The van der Waals surface area contributed by atoms with Gasteiger partial charge in [0.15, 0.2) is 6.73 Å². The van der Waals surface area contributed by atoms with Gasteiger partial charge in [-0.25, -0.2) is 4.79 Å². The fraction of sp³-hybridized carbons (Fsp3) is 0.375. The summed E-state index contributed by atoms with van der Waals surface area (Å²) in [4.78, 5) is 38.0. The Kier molecular flexibility index (Phi) is 7.86. The summed E-state index contributed by atoms with van der Waals surface area (Å²) in [6.07, 6.45) is 2.31. The van der Waals surface area contributed by atoms with Gasteiger partial charge in [0.1, 0.15) is 11.6 Å². The van der Waals surface area contributed by atoms with E-state index in [1.165, 1.54) is 0 Å². The van der Waals surface area contributed by atoms with Crippen molar-refractivity contribution in [3.05, 3.63) is 70.0 Å². The molecule has 3 aromatic rings. The number of carbonyl (C=O) groups is 2. The van der Waals surface area contributed by atoms with E-state index in [9.17, 15) is 14.4 Å². The van der Waals surface area contributed by atoms with Gasteiger partial charge in [-0.1, -0.05) is 50.3 Å². The molecule has 0 radical (unpaired) electrons. The molecule has 1 N–H and O–H groups in total. The molecule has 9 heteroatoms. The van der Waals surface area contributed by atoms with E-state index in [4.69, 9.17) is 4.74 Å². The van der Waals surface area contributed by atoms with E-state index < -0.39 is 17.6 Å². The first-order valence-corrected chi connectivity index (χ1v) is 12.0. The zero-order valence-electron chi connectivity index (χ0n) is 19.2. The molecule has 0 aliphatic rings. The molecule has 174 valence electrons. The minimum Gasteiger partial charge on any atom is -0.441 e. The summed E-state index contributed by atoms with van der Waals surface area (Å²) in [5.74, 6) is -0.342. The highest BCUT2D eigenvalue weighted by Gasteiger charge is 2.23. The average Bonchev–Trinajstić information content (AvgIpc) is 2.80. The number of aromatic nitrogens is 3. The number of carbonyl (C=O) groups excluding carboxylic acids is 2. The third-order valence-electron chi connectivity index (χ3n) is 5.17. The van der Waals surface area contributed by atoms with Gasteiger partial charge in [-0.15, -0.1) is 5.10 Å². The molecule has 0 aliphatic heterocycles. The minimum absolute atomic E-state index is 0.0244. The Morgan fingerprint density at radius 2 is 1.82 bits per heavy atom. The third kappa shape index (κ3) is 6.19. The molecule has 8 nitrogen and oxygen atoms in total. The van der Waals surface area contributed by atoms with E-state index in [-0.39, 0.29) is 18.1 Å². The first kappa shape index (κ1) is 24.4. The average molecular weight is 469 g/mol. The number of rotatable bonds is 8. The molecule has 0 bridgehead atoms. The smallest absolute Gasteiger partial charge is 0.330 e. The summed E-state index contributed by atoms with van der Waals surface area (Å²) < 4.78 is 6.30. The van der Waals surface area contributed by atoms with Gasteiger partial charge in [-0.2, -0.15) is 16.4 Å². The van der Waals surface area contributed by atoms with Crippen molar-refractivity contribution in [3.63, 3.8) is 0 Å². The fourth-order valence-electron chi connectivity index (χ4n) is 3.18. The van der Waals surface area contributed by atoms with Gasteiger partial charge in [0.05, 0.1) is 5.39 Å². The zero-order chi connectivity index (χ0) is 24.0. The van der Waals surface area contributed by atoms with Gasteiger partial charge in [-0.3, -0.25) is 9.59 Å². The molecule has 1 unspecified atom stereocenters. The van der Waals surface area contributed by atoms with Crippen LogP contribution in [-0.2, 0) is 21.7 Å². The fourth-order valence-corrected chi connectivity index (χ4v) is 3.65. The monoisotopic (exact) mass is 468 g/mol. The van der Waals surface area contributed by atoms with Gasteiger partial charge in [0, 0.05) is 5.56 Å². The number of hydrogen-bond donors (Lipinski definition) is 1. The second-order valence-corrected chi connectivity index (χ2v) is 9.62. The number of ether oxygens (including phenoxy) is 1. The Morgan fingerprint density at radius 3 is 2.48 bits per heavy atom. The summed E-state index contributed by atoms with van der Waals surface area (Å²) in [5, 5.41) is 10.9. The van der Waals surface area contributed by atoms with E-state index >= 15 is 0 Å². The number of amides is 1. The Morgan fingerprint density at radius 1 is 1.12 bits per heavy atom. The summed E-state index contributed by atoms with van der Waals surface area (Å²) in [5.41, 5.74) is 1.61. The summed E-state index contributed by atoms with van der Waals surface area (Å²) in [6, 6.07) is 13.3. The van der Waals surface area contributed by atoms with Crippen molar-refractivity contribution < 1.29 is 14.3 Å². The van der Waals surface area contributed by atoms with Crippen molar-refractivity contribution in [2.24, 2.45) is 0 Å². The summed E-state index contributed by atoms with van der Waals surface area (Å²) in [6.45, 7) is 5.91. The van der Waals surface area contributed by atoms with Crippen LogP contribution in [0.2, 0.25) is 0 Å². The Bertz CT molecular complexity index is 1190. The molecule has 0 fully saturated rings. The van der Waals surface area contributed by atoms with Crippen molar-refractivity contribution in [1.82, 2.24) is 20.3 Å². The summed E-state index contributed by atoms with van der Waals surface area (Å²) in [7, 11) is 0. The lowest BCUT2D eigenvalue weighted by molar-refractivity contribution is -0.150. The maximum Gasteiger partial charge on any atom is 0.330 e. The number of hydrogen-bond acceptors (Lipinski definition) is 7. The third-order valence-corrected chi connectivity index (χ3v) is 5.82. The second kappa shape index (κ2) is 10.6. The quantitative estimate of drug-likeness (QED) is 0.507. The molecule has 1 atom stereocenters. The van der Waals surface area contributed by atoms with Crippen LogP contribution in [0, 0.1) is 0 Å². The largest absolute Gasteiger partial charge is 0.441 e. The van der Waals surface area contributed by atoms with Crippen molar-refractivity contribution >= 4 is 34.5 Å². The molecule has 1 amide bonds.